The van der Waals surface area contributed by atoms with Crippen molar-refractivity contribution in [2.75, 3.05) is 0 Å². The quantitative estimate of drug-likeness (QED) is 0.258. The summed E-state index contributed by atoms with van der Waals surface area (Å²) in [5, 5.41) is 0. The van der Waals surface area contributed by atoms with Crippen LogP contribution in [0.4, 0.5) is 22.0 Å². The van der Waals surface area contributed by atoms with Gasteiger partial charge in [-0.05, 0) is 0 Å². The molecule has 13 heavy (non-hydrogen) atoms. The topological polar surface area (TPSA) is 49.4 Å². The van der Waals surface area contributed by atoms with E-state index < -0.39 is 28.6 Å². The maximum Gasteiger partial charge on any atom is 1.00 e. The fraction of sp³-hybridized carbons (Fsp3) is 0.333. The van der Waals surface area contributed by atoms with Gasteiger partial charge < -0.3 is 9.29 Å². The Bertz CT molecular complexity index is 227. The van der Waals surface area contributed by atoms with Gasteiger partial charge in [-0.25, -0.2) is 0 Å². The molecule has 1 atom stereocenters. The van der Waals surface area contributed by atoms with Gasteiger partial charge in [0.1, 0.15) is 0 Å². The van der Waals surface area contributed by atoms with Crippen LogP contribution >= 0.6 is 0 Å². The zero-order valence-electron chi connectivity index (χ0n) is 6.02. The third-order valence-corrected chi connectivity index (χ3v) is 1.02. The first-order chi connectivity index (χ1) is 5.27. The second-order valence-corrected chi connectivity index (χ2v) is 2.28. The van der Waals surface area contributed by atoms with Crippen molar-refractivity contribution in [2.24, 2.45) is 0 Å². The molecule has 72 valence electrons. The van der Waals surface area contributed by atoms with Crippen molar-refractivity contribution in [2.45, 2.75) is 5.44 Å². The van der Waals surface area contributed by atoms with Crippen LogP contribution in [0, 0.1) is 0 Å². The summed E-state index contributed by atoms with van der Waals surface area (Å²) in [4.78, 5) is 0. The van der Waals surface area contributed by atoms with Crippen LogP contribution in [0.15, 0.2) is 12.1 Å². The van der Waals surface area contributed by atoms with Crippen molar-refractivity contribution in [3.63, 3.8) is 0 Å². The Hall–Kier alpha value is 0.300. The predicted molar refractivity (Wildman–Crippen MR) is 25.3 cm³/mol. The van der Waals surface area contributed by atoms with Crippen molar-refractivity contribution in [3.8, 4) is 0 Å². The summed E-state index contributed by atoms with van der Waals surface area (Å²) in [7, 11) is 0. The van der Waals surface area contributed by atoms with Crippen molar-refractivity contribution >= 4 is 11.1 Å². The fourth-order valence-electron chi connectivity index (χ4n) is 0.177. The Balaban J connectivity index is 0. The van der Waals surface area contributed by atoms with Crippen LogP contribution in [-0.2, 0) is 15.8 Å². The van der Waals surface area contributed by atoms with E-state index in [4.69, 9.17) is 0 Å². The molecule has 0 amide bonds. The average Bonchev–Trinajstić information content (AvgIpc) is 1.85. The second kappa shape index (κ2) is 5.91. The number of halogens is 5. The zero-order chi connectivity index (χ0) is 9.94. The largest absolute Gasteiger partial charge is 1.00 e. The molecular weight excluding hydrogens is 234 g/mol. The Morgan fingerprint density at radius 3 is 1.92 bits per heavy atom. The molecule has 0 N–H and O–H groups in total. The average molecular weight is 234 g/mol. The van der Waals surface area contributed by atoms with Crippen LogP contribution in [0.2, 0.25) is 0 Å². The molecule has 0 bridgehead atoms. The molecule has 3 nitrogen and oxygen atoms in total. The third-order valence-electron chi connectivity index (χ3n) is 0.551. The maximum atomic E-state index is 11.7. The molecule has 0 aliphatic carbocycles. The molecule has 0 saturated carbocycles. The summed E-state index contributed by atoms with van der Waals surface area (Å²) in [5.74, 6) is 0. The molecule has 0 aliphatic heterocycles. The Labute approximate surface area is 93.5 Å². The molecule has 0 aromatic carbocycles. The maximum absolute atomic E-state index is 11.7. The van der Waals surface area contributed by atoms with Crippen LogP contribution < -0.4 is 29.6 Å². The van der Waals surface area contributed by atoms with Gasteiger partial charge in [-0.1, -0.05) is 0 Å². The van der Waals surface area contributed by atoms with Crippen LogP contribution in [0.25, 0.3) is 0 Å². The van der Waals surface area contributed by atoms with Gasteiger partial charge in [0.2, 0.25) is 0 Å². The van der Waals surface area contributed by atoms with E-state index in [9.17, 15) is 30.7 Å². The standard InChI is InChI=1S/C3HF5O3S.Na/c4-1(5)2(6)11-3(7,8)12(9)10;/h(H,9,10);/q;+1/p-1. The van der Waals surface area contributed by atoms with Gasteiger partial charge in [0, 0.05) is 0 Å². The molecule has 10 heteroatoms. The van der Waals surface area contributed by atoms with Crippen LogP contribution in [0.5, 0.6) is 0 Å². The molecule has 0 aliphatic rings. The number of rotatable bonds is 3. The molecule has 0 spiro atoms. The van der Waals surface area contributed by atoms with E-state index >= 15 is 0 Å². The number of hydrogen-bond donors (Lipinski definition) is 0. The Kier molecular flexibility index (Phi) is 7.17. The van der Waals surface area contributed by atoms with Crippen LogP contribution in [0.1, 0.15) is 0 Å². The smallest absolute Gasteiger partial charge is 0.765 e. The number of alkyl halides is 2. The van der Waals surface area contributed by atoms with Gasteiger partial charge >= 0.3 is 47.1 Å². The molecule has 0 radical (unpaired) electrons. The molecular formula is C3F5NaO3S. The first-order valence-electron chi connectivity index (χ1n) is 2.14. The summed E-state index contributed by atoms with van der Waals surface area (Å²) in [5.41, 5.74) is -4.99. The van der Waals surface area contributed by atoms with E-state index in [0.717, 1.165) is 0 Å². The summed E-state index contributed by atoms with van der Waals surface area (Å²) >= 11 is -4.13. The SMILES string of the molecule is O=S([O-])C(F)(F)OC(F)=C(F)F.[Na+]. The summed E-state index contributed by atoms with van der Waals surface area (Å²) in [6.07, 6.45) is -3.17. The molecule has 0 aromatic rings. The summed E-state index contributed by atoms with van der Waals surface area (Å²) in [6.45, 7) is 0. The molecule has 0 fully saturated rings. The molecule has 0 saturated heterocycles. The second-order valence-electron chi connectivity index (χ2n) is 1.33. The fourth-order valence-corrected chi connectivity index (χ4v) is 0.318. The van der Waals surface area contributed by atoms with Crippen molar-refractivity contribution in [1.29, 1.82) is 0 Å². The van der Waals surface area contributed by atoms with Gasteiger partial charge in [-0.2, -0.15) is 22.0 Å². The van der Waals surface area contributed by atoms with Crippen molar-refractivity contribution in [1.82, 2.24) is 0 Å². The molecule has 0 heterocycles. The van der Waals surface area contributed by atoms with Gasteiger partial charge in [-0.15, -0.1) is 0 Å². The Morgan fingerprint density at radius 2 is 1.69 bits per heavy atom. The molecule has 1 unspecified atom stereocenters. The van der Waals surface area contributed by atoms with Crippen molar-refractivity contribution < 1.29 is 65.0 Å². The minimum absolute atomic E-state index is 0. The summed E-state index contributed by atoms with van der Waals surface area (Å²) < 4.78 is 78.5. The van der Waals surface area contributed by atoms with E-state index in [0.29, 0.717) is 0 Å². The Morgan fingerprint density at radius 1 is 1.31 bits per heavy atom. The van der Waals surface area contributed by atoms with E-state index in [1.165, 1.54) is 0 Å². The van der Waals surface area contributed by atoms with Crippen LogP contribution in [0.3, 0.4) is 0 Å². The van der Waals surface area contributed by atoms with E-state index in [2.05, 4.69) is 4.74 Å². The zero-order valence-corrected chi connectivity index (χ0v) is 8.84. The predicted octanol–water partition coefficient (Wildman–Crippen LogP) is -1.53. The van der Waals surface area contributed by atoms with Crippen molar-refractivity contribution in [3.05, 3.63) is 12.1 Å². The summed E-state index contributed by atoms with van der Waals surface area (Å²) in [6, 6.07) is -2.93. The normalized spacial score (nSPS) is 12.8. The van der Waals surface area contributed by atoms with Crippen LogP contribution in [-0.4, -0.2) is 14.2 Å². The number of ether oxygens (including phenoxy) is 1. The van der Waals surface area contributed by atoms with Gasteiger partial charge in [0.25, 0.3) is 0 Å². The molecule has 0 rings (SSSR count). The van der Waals surface area contributed by atoms with E-state index in [1.807, 2.05) is 0 Å². The van der Waals surface area contributed by atoms with Gasteiger partial charge in [-0.3, -0.25) is 4.21 Å². The third kappa shape index (κ3) is 5.57. The number of hydrogen-bond acceptors (Lipinski definition) is 3. The minimum Gasteiger partial charge on any atom is -0.765 e. The van der Waals surface area contributed by atoms with E-state index in [1.54, 1.807) is 0 Å². The monoisotopic (exact) mass is 234 g/mol. The molecule has 0 aromatic heterocycles. The van der Waals surface area contributed by atoms with Gasteiger partial charge in [0.15, 0.2) is 0 Å². The van der Waals surface area contributed by atoms with Gasteiger partial charge in [0.05, 0.1) is 11.1 Å². The minimum atomic E-state index is -4.99. The first-order valence-corrected chi connectivity index (χ1v) is 3.22. The van der Waals surface area contributed by atoms with E-state index in [-0.39, 0.29) is 29.6 Å². The first kappa shape index (κ1) is 15.8.